The minimum Gasteiger partial charge on any atom is -0.462 e. The number of allylic oxidation sites excluding steroid dienone is 26. The van der Waals surface area contributed by atoms with Crippen LogP contribution in [0.4, 0.5) is 0 Å². The molecule has 0 spiro atoms. The summed E-state index contributed by atoms with van der Waals surface area (Å²) in [6.45, 7) is 3.89. The van der Waals surface area contributed by atoms with E-state index in [0.717, 1.165) is 135 Å². The summed E-state index contributed by atoms with van der Waals surface area (Å²) in [6.07, 6.45) is 102. The Balaban J connectivity index is 3.52. The van der Waals surface area contributed by atoms with Crippen molar-refractivity contribution in [3.05, 3.63) is 158 Å². The maximum Gasteiger partial charge on any atom is 0.306 e. The van der Waals surface area contributed by atoms with E-state index in [1.165, 1.54) is 109 Å². The minimum absolute atomic E-state index is 0.0859. The Hall–Kier alpha value is -4.48. The molecule has 0 bridgehead atoms. The highest BCUT2D eigenvalue weighted by atomic mass is 16.6. The average Bonchev–Trinajstić information content (AvgIpc) is 3.44. The third-order valence-corrected chi connectivity index (χ3v) is 13.3. The van der Waals surface area contributed by atoms with E-state index >= 15 is 0 Å². The lowest BCUT2D eigenvalue weighted by Crippen LogP contribution is -2.28. The molecule has 1 unspecified atom stereocenters. The zero-order valence-electron chi connectivity index (χ0n) is 50.4. The molecule has 0 fully saturated rings. The van der Waals surface area contributed by atoms with Crippen LogP contribution in [0, 0.1) is 0 Å². The first kappa shape index (κ1) is 73.5. The molecule has 0 radical (unpaired) electrons. The van der Waals surface area contributed by atoms with Crippen molar-refractivity contribution in [1.29, 1.82) is 0 Å². The van der Waals surface area contributed by atoms with Crippen LogP contribution in [-0.4, -0.2) is 36.4 Å². The van der Waals surface area contributed by atoms with Crippen LogP contribution in [-0.2, 0) is 19.1 Å². The van der Waals surface area contributed by atoms with Crippen LogP contribution in [0.3, 0.4) is 0 Å². The van der Waals surface area contributed by atoms with E-state index in [2.05, 4.69) is 172 Å². The van der Waals surface area contributed by atoms with Crippen LogP contribution in [0.1, 0.15) is 271 Å². The van der Waals surface area contributed by atoms with Crippen LogP contribution in [0.2, 0.25) is 0 Å². The number of aliphatic hydroxyl groups excluding tert-OH is 1. The first-order valence-electron chi connectivity index (χ1n) is 32.0. The molecule has 1 N–H and O–H groups in total. The molecular weight excluding hydrogens is 957 g/mol. The van der Waals surface area contributed by atoms with Gasteiger partial charge in [0.05, 0.1) is 6.61 Å². The second kappa shape index (κ2) is 66.8. The number of carbonyl (C=O) groups excluding carboxylic acids is 2. The third kappa shape index (κ3) is 64.0. The standard InChI is InChI=1S/C73H118O5/c1-3-5-7-9-11-13-15-17-19-21-23-25-27-28-29-30-31-32-33-34-35-36-37-38-39-40-41-42-43-44-46-48-50-52-54-56-58-60-62-64-66-68-73(76)78-71(69-74)70-77-72(75)67-65-63-61-59-57-55-53-51-49-47-45-26-24-22-20-18-16-14-12-10-8-6-4-2/h5-8,11-14,17-20,23-26,28-29,31-32,34-35,47,49,53,55,71,74H,3-4,9-10,15-16,21-22,27,30,33,36-46,48,50-52,54,56-70H2,1-2H3/b7-5-,8-6-,13-11-,14-12-,19-17-,20-18-,25-23-,26-24-,29-28-,32-31-,35-34-,49-47-,55-53-. The second-order valence-corrected chi connectivity index (χ2v) is 20.7. The summed E-state index contributed by atoms with van der Waals surface area (Å²) < 4.78 is 10.7. The first-order chi connectivity index (χ1) is 38.6. The maximum absolute atomic E-state index is 12.3. The van der Waals surface area contributed by atoms with E-state index in [9.17, 15) is 14.7 Å². The summed E-state index contributed by atoms with van der Waals surface area (Å²) in [6, 6.07) is 0. The predicted molar refractivity (Wildman–Crippen MR) is 343 cm³/mol. The van der Waals surface area contributed by atoms with Crippen LogP contribution in [0.5, 0.6) is 0 Å². The minimum atomic E-state index is -0.793. The maximum atomic E-state index is 12.3. The van der Waals surface area contributed by atoms with Crippen molar-refractivity contribution in [3.8, 4) is 0 Å². The van der Waals surface area contributed by atoms with Crippen molar-refractivity contribution in [2.45, 2.75) is 277 Å². The monoisotopic (exact) mass is 1070 g/mol. The van der Waals surface area contributed by atoms with Gasteiger partial charge < -0.3 is 14.6 Å². The quantitative estimate of drug-likeness (QED) is 0.0373. The highest BCUT2D eigenvalue weighted by Gasteiger charge is 2.16. The van der Waals surface area contributed by atoms with Crippen LogP contribution >= 0.6 is 0 Å². The Kier molecular flexibility index (Phi) is 63.0. The van der Waals surface area contributed by atoms with Gasteiger partial charge in [0.15, 0.2) is 6.10 Å². The topological polar surface area (TPSA) is 72.8 Å². The number of hydrogen-bond donors (Lipinski definition) is 1. The molecule has 0 saturated carbocycles. The molecule has 78 heavy (non-hydrogen) atoms. The van der Waals surface area contributed by atoms with E-state index in [0.29, 0.717) is 12.8 Å². The van der Waals surface area contributed by atoms with Gasteiger partial charge in [-0.05, 0) is 122 Å². The van der Waals surface area contributed by atoms with E-state index < -0.39 is 6.10 Å². The Bertz CT molecular complexity index is 1690. The first-order valence-corrected chi connectivity index (χ1v) is 32.0. The molecule has 0 aliphatic rings. The molecule has 1 atom stereocenters. The largest absolute Gasteiger partial charge is 0.462 e. The zero-order chi connectivity index (χ0) is 56.2. The lowest BCUT2D eigenvalue weighted by Gasteiger charge is -2.15. The van der Waals surface area contributed by atoms with Crippen molar-refractivity contribution in [2.24, 2.45) is 0 Å². The summed E-state index contributed by atoms with van der Waals surface area (Å²) in [5, 5.41) is 9.67. The van der Waals surface area contributed by atoms with Crippen molar-refractivity contribution in [1.82, 2.24) is 0 Å². The molecule has 0 aliphatic carbocycles. The van der Waals surface area contributed by atoms with Gasteiger partial charge in [-0.2, -0.15) is 0 Å². The second-order valence-electron chi connectivity index (χ2n) is 20.7. The Morgan fingerprint density at radius 2 is 0.513 bits per heavy atom. The Morgan fingerprint density at radius 3 is 0.769 bits per heavy atom. The molecule has 0 aromatic rings. The van der Waals surface area contributed by atoms with Crippen molar-refractivity contribution in [2.75, 3.05) is 13.2 Å². The number of esters is 2. The van der Waals surface area contributed by atoms with Gasteiger partial charge in [-0.25, -0.2) is 0 Å². The van der Waals surface area contributed by atoms with Gasteiger partial charge in [0.1, 0.15) is 6.61 Å². The van der Waals surface area contributed by atoms with Gasteiger partial charge >= 0.3 is 11.9 Å². The number of ether oxygens (including phenoxy) is 2. The molecule has 0 rings (SSSR count). The molecule has 0 aliphatic heterocycles. The van der Waals surface area contributed by atoms with Crippen LogP contribution in [0.15, 0.2) is 158 Å². The Morgan fingerprint density at radius 1 is 0.295 bits per heavy atom. The lowest BCUT2D eigenvalue weighted by molar-refractivity contribution is -0.161. The predicted octanol–water partition coefficient (Wildman–Crippen LogP) is 22.3. The van der Waals surface area contributed by atoms with Gasteiger partial charge in [0.25, 0.3) is 0 Å². The molecule has 0 saturated heterocycles. The van der Waals surface area contributed by atoms with Crippen molar-refractivity contribution in [3.63, 3.8) is 0 Å². The van der Waals surface area contributed by atoms with Crippen LogP contribution < -0.4 is 0 Å². The summed E-state index contributed by atoms with van der Waals surface area (Å²) in [5.74, 6) is -0.622. The molecular formula is C73H118O5. The van der Waals surface area contributed by atoms with E-state index in [4.69, 9.17) is 9.47 Å². The fraction of sp³-hybridized carbons (Fsp3) is 0.616. The summed E-state index contributed by atoms with van der Waals surface area (Å²) in [5.41, 5.74) is 0. The molecule has 5 heteroatoms. The van der Waals surface area contributed by atoms with Gasteiger partial charge in [-0.15, -0.1) is 0 Å². The number of carbonyl (C=O) groups is 2. The molecule has 0 aromatic carbocycles. The smallest absolute Gasteiger partial charge is 0.306 e. The number of aliphatic hydroxyl groups is 1. The fourth-order valence-electron chi connectivity index (χ4n) is 8.60. The number of rotatable bonds is 57. The lowest BCUT2D eigenvalue weighted by atomic mass is 10.0. The summed E-state index contributed by atoms with van der Waals surface area (Å²) in [7, 11) is 0. The van der Waals surface area contributed by atoms with Crippen molar-refractivity contribution >= 4 is 11.9 Å². The Labute approximate surface area is 481 Å². The van der Waals surface area contributed by atoms with Gasteiger partial charge in [0.2, 0.25) is 0 Å². The van der Waals surface area contributed by atoms with Gasteiger partial charge in [0, 0.05) is 12.8 Å². The molecule has 5 nitrogen and oxygen atoms in total. The summed E-state index contributed by atoms with van der Waals surface area (Å²) >= 11 is 0. The van der Waals surface area contributed by atoms with E-state index in [-0.39, 0.29) is 25.2 Å². The van der Waals surface area contributed by atoms with E-state index in [1.54, 1.807) is 0 Å². The fourth-order valence-corrected chi connectivity index (χ4v) is 8.60. The molecule has 0 amide bonds. The molecule has 440 valence electrons. The number of unbranched alkanes of at least 4 members (excludes halogenated alkanes) is 23. The van der Waals surface area contributed by atoms with Crippen LogP contribution in [0.25, 0.3) is 0 Å². The zero-order valence-corrected chi connectivity index (χ0v) is 50.4. The molecule has 0 heterocycles. The van der Waals surface area contributed by atoms with Gasteiger partial charge in [-0.3, -0.25) is 9.59 Å². The summed E-state index contributed by atoms with van der Waals surface area (Å²) in [4.78, 5) is 24.6. The van der Waals surface area contributed by atoms with E-state index in [1.807, 2.05) is 0 Å². The molecule has 0 aromatic heterocycles. The third-order valence-electron chi connectivity index (χ3n) is 13.3. The highest BCUT2D eigenvalue weighted by molar-refractivity contribution is 5.70. The van der Waals surface area contributed by atoms with Gasteiger partial charge in [-0.1, -0.05) is 294 Å². The normalized spacial score (nSPS) is 13.3. The highest BCUT2D eigenvalue weighted by Crippen LogP contribution is 2.16. The number of hydrogen-bond acceptors (Lipinski definition) is 5. The SMILES string of the molecule is CC/C=C\C/C=C\C/C=C\C/C=C\C/C=C\C/C=C\C/C=C\CCCCCCCCCCCCCCCCCCCCCC(=O)OC(CO)COC(=O)CCCCCC/C=C\C/C=C\C/C=C\C/C=C\C/C=C\C/C=C\CC. The average molecular weight is 1080 g/mol. The van der Waals surface area contributed by atoms with Crippen molar-refractivity contribution < 1.29 is 24.2 Å².